The van der Waals surface area contributed by atoms with Crippen molar-refractivity contribution in [2.45, 2.75) is 6.18 Å². The first-order valence-electron chi connectivity index (χ1n) is 8.95. The zero-order chi connectivity index (χ0) is 20.7. The van der Waals surface area contributed by atoms with E-state index in [9.17, 15) is 22.8 Å². The van der Waals surface area contributed by atoms with Crippen molar-refractivity contribution in [2.75, 3.05) is 45.8 Å². The topological polar surface area (TPSA) is 43.9 Å². The Morgan fingerprint density at radius 2 is 1.61 bits per heavy atom. The van der Waals surface area contributed by atoms with Gasteiger partial charge in [-0.05, 0) is 12.1 Å². The quantitative estimate of drug-likeness (QED) is 0.667. The van der Waals surface area contributed by atoms with Crippen molar-refractivity contribution in [1.29, 1.82) is 0 Å². The monoisotopic (exact) mass is 395 g/mol. The van der Waals surface area contributed by atoms with Gasteiger partial charge in [-0.3, -0.25) is 14.5 Å². The summed E-state index contributed by atoms with van der Waals surface area (Å²) in [6, 6.07) is 4.80. The Hall–Kier alpha value is -2.61. The molecule has 0 radical (unpaired) electrons. The molecule has 2 rings (SSSR count). The zero-order valence-electron chi connectivity index (χ0n) is 15.6. The van der Waals surface area contributed by atoms with Gasteiger partial charge in [0.05, 0.1) is 17.7 Å². The Kier molecular flexibility index (Phi) is 7.39. The minimum Gasteiger partial charge on any atom is -0.336 e. The van der Waals surface area contributed by atoms with E-state index in [1.807, 2.05) is 4.90 Å². The molecule has 0 aromatic heterocycles. The molecule has 28 heavy (non-hydrogen) atoms. The molecular weight excluding hydrogens is 371 g/mol. The average molecular weight is 395 g/mol. The van der Waals surface area contributed by atoms with Gasteiger partial charge in [0.15, 0.2) is 0 Å². The van der Waals surface area contributed by atoms with Crippen LogP contribution in [0.5, 0.6) is 0 Å². The number of carbonyl (C=O) groups is 2. The summed E-state index contributed by atoms with van der Waals surface area (Å²) >= 11 is 0. The fourth-order valence-electron chi connectivity index (χ4n) is 3.08. The van der Waals surface area contributed by atoms with Crippen LogP contribution in [-0.4, -0.2) is 72.3 Å². The van der Waals surface area contributed by atoms with E-state index in [0.29, 0.717) is 26.2 Å². The summed E-state index contributed by atoms with van der Waals surface area (Å²) in [5.41, 5.74) is -1.27. The van der Waals surface area contributed by atoms with Crippen LogP contribution in [-0.2, 0) is 11.0 Å². The molecule has 1 aromatic carbocycles. The first-order chi connectivity index (χ1) is 13.3. The number of alkyl halides is 3. The minimum absolute atomic E-state index is 0.0815. The summed E-state index contributed by atoms with van der Waals surface area (Å²) in [5.74, 6) is -0.721. The lowest BCUT2D eigenvalue weighted by atomic mass is 10.1. The third kappa shape index (κ3) is 5.45. The molecule has 8 heteroatoms. The van der Waals surface area contributed by atoms with Gasteiger partial charge in [0.25, 0.3) is 5.91 Å². The first kappa shape index (κ1) is 21.7. The van der Waals surface area contributed by atoms with Crippen LogP contribution in [0.3, 0.4) is 0 Å². The van der Waals surface area contributed by atoms with Crippen molar-refractivity contribution < 1.29 is 22.8 Å². The summed E-state index contributed by atoms with van der Waals surface area (Å²) in [4.78, 5) is 29.8. The van der Waals surface area contributed by atoms with Gasteiger partial charge < -0.3 is 9.80 Å². The highest BCUT2D eigenvalue weighted by atomic mass is 19.4. The standard InChI is InChI=1S/C20H24F3N3O2/c1-3-9-25(10-4-2)18(27)15-24-11-13-26(14-12-24)19(28)16-7-5-6-8-17(16)20(21,22)23/h3-8H,1-2,9-15H2. The van der Waals surface area contributed by atoms with Gasteiger partial charge in [-0.25, -0.2) is 0 Å². The van der Waals surface area contributed by atoms with Crippen LogP contribution in [0.1, 0.15) is 15.9 Å². The number of hydrogen-bond acceptors (Lipinski definition) is 3. The van der Waals surface area contributed by atoms with Gasteiger partial charge >= 0.3 is 6.18 Å². The van der Waals surface area contributed by atoms with Crippen molar-refractivity contribution in [2.24, 2.45) is 0 Å². The predicted octanol–water partition coefficient (Wildman–Crippen LogP) is 2.66. The number of benzene rings is 1. The summed E-state index contributed by atoms with van der Waals surface area (Å²) in [6.45, 7) is 9.64. The van der Waals surface area contributed by atoms with Crippen molar-refractivity contribution in [1.82, 2.24) is 14.7 Å². The van der Waals surface area contributed by atoms with Gasteiger partial charge in [-0.2, -0.15) is 13.2 Å². The molecule has 1 heterocycles. The molecule has 2 amide bonds. The molecule has 0 saturated carbocycles. The van der Waals surface area contributed by atoms with Crippen LogP contribution in [0.25, 0.3) is 0 Å². The van der Waals surface area contributed by atoms with Crippen molar-refractivity contribution in [3.8, 4) is 0 Å². The molecule has 1 aliphatic heterocycles. The molecule has 1 aromatic rings. The molecule has 1 fully saturated rings. The molecule has 152 valence electrons. The van der Waals surface area contributed by atoms with E-state index in [2.05, 4.69) is 13.2 Å². The maximum atomic E-state index is 13.1. The molecule has 0 aliphatic carbocycles. The van der Waals surface area contributed by atoms with Crippen LogP contribution in [0, 0.1) is 0 Å². The molecule has 1 aliphatic rings. The maximum Gasteiger partial charge on any atom is 0.417 e. The van der Waals surface area contributed by atoms with Crippen LogP contribution in [0.15, 0.2) is 49.6 Å². The Morgan fingerprint density at radius 3 is 2.14 bits per heavy atom. The number of carbonyl (C=O) groups excluding carboxylic acids is 2. The summed E-state index contributed by atoms with van der Waals surface area (Å²) in [6.07, 6.45) is -1.31. The van der Waals surface area contributed by atoms with Crippen molar-refractivity contribution in [3.63, 3.8) is 0 Å². The molecule has 0 N–H and O–H groups in total. The number of amides is 2. The molecule has 0 spiro atoms. The lowest BCUT2D eigenvalue weighted by Gasteiger charge is -2.35. The lowest BCUT2D eigenvalue weighted by molar-refractivity contribution is -0.138. The van der Waals surface area contributed by atoms with Crippen LogP contribution in [0.4, 0.5) is 13.2 Å². The fourth-order valence-corrected chi connectivity index (χ4v) is 3.08. The molecule has 0 atom stereocenters. The predicted molar refractivity (Wildman–Crippen MR) is 101 cm³/mol. The molecule has 1 saturated heterocycles. The smallest absolute Gasteiger partial charge is 0.336 e. The molecular formula is C20H24F3N3O2. The highest BCUT2D eigenvalue weighted by molar-refractivity contribution is 5.96. The highest BCUT2D eigenvalue weighted by Crippen LogP contribution is 2.32. The van der Waals surface area contributed by atoms with E-state index >= 15 is 0 Å². The Bertz CT molecular complexity index is 716. The molecule has 5 nitrogen and oxygen atoms in total. The number of halogens is 3. The number of rotatable bonds is 7. The van der Waals surface area contributed by atoms with E-state index in [0.717, 1.165) is 6.07 Å². The van der Waals surface area contributed by atoms with Crippen LogP contribution < -0.4 is 0 Å². The summed E-state index contributed by atoms with van der Waals surface area (Å²) in [7, 11) is 0. The summed E-state index contributed by atoms with van der Waals surface area (Å²) in [5, 5.41) is 0. The zero-order valence-corrected chi connectivity index (χ0v) is 15.6. The highest BCUT2D eigenvalue weighted by Gasteiger charge is 2.36. The second-order valence-corrected chi connectivity index (χ2v) is 6.49. The van der Waals surface area contributed by atoms with Crippen molar-refractivity contribution >= 4 is 11.8 Å². The van der Waals surface area contributed by atoms with E-state index in [-0.39, 0.29) is 31.1 Å². The average Bonchev–Trinajstić information content (AvgIpc) is 2.67. The van der Waals surface area contributed by atoms with E-state index in [4.69, 9.17) is 0 Å². The first-order valence-corrected chi connectivity index (χ1v) is 8.95. The Balaban J connectivity index is 1.97. The van der Waals surface area contributed by atoms with E-state index < -0.39 is 17.6 Å². The van der Waals surface area contributed by atoms with Gasteiger partial charge in [0.1, 0.15) is 0 Å². The summed E-state index contributed by atoms with van der Waals surface area (Å²) < 4.78 is 39.4. The number of hydrogen-bond donors (Lipinski definition) is 0. The van der Waals surface area contributed by atoms with E-state index in [1.54, 1.807) is 17.1 Å². The minimum atomic E-state index is -4.58. The molecule has 0 bridgehead atoms. The van der Waals surface area contributed by atoms with Crippen LogP contribution in [0.2, 0.25) is 0 Å². The van der Waals surface area contributed by atoms with E-state index in [1.165, 1.54) is 23.1 Å². The van der Waals surface area contributed by atoms with Gasteiger partial charge in [0, 0.05) is 39.3 Å². The Labute approximate surface area is 162 Å². The second-order valence-electron chi connectivity index (χ2n) is 6.49. The fraction of sp³-hybridized carbons (Fsp3) is 0.400. The third-order valence-corrected chi connectivity index (χ3v) is 4.53. The SMILES string of the molecule is C=CCN(CC=C)C(=O)CN1CCN(C(=O)c2ccccc2C(F)(F)F)CC1. The second kappa shape index (κ2) is 9.54. The Morgan fingerprint density at radius 1 is 1.04 bits per heavy atom. The maximum absolute atomic E-state index is 13.1. The van der Waals surface area contributed by atoms with Crippen LogP contribution >= 0.6 is 0 Å². The molecule has 0 unspecified atom stereocenters. The number of piperazine rings is 1. The third-order valence-electron chi connectivity index (χ3n) is 4.53. The van der Waals surface area contributed by atoms with Crippen molar-refractivity contribution in [3.05, 3.63) is 60.7 Å². The van der Waals surface area contributed by atoms with Gasteiger partial charge in [0.2, 0.25) is 5.91 Å². The lowest BCUT2D eigenvalue weighted by Crippen LogP contribution is -2.51. The van der Waals surface area contributed by atoms with Gasteiger partial charge in [-0.15, -0.1) is 13.2 Å². The largest absolute Gasteiger partial charge is 0.417 e. The normalized spacial score (nSPS) is 15.2. The number of nitrogens with zero attached hydrogens (tertiary/aromatic N) is 3. The van der Waals surface area contributed by atoms with Gasteiger partial charge in [-0.1, -0.05) is 24.3 Å².